The number of fused-ring (bicyclic) bond motifs is 1. The number of nitrogens with zero attached hydrogens (tertiary/aromatic N) is 3. The standard InChI is InChI=1S/C21H29N3O2/c1-15-11-16(2)24(22-15)18-6-4-5-17(12-18)14-23-10-9-21(26-3)8-7-19(25)13-20(21)23/h4-6,11-12,19-20,25H,7-10,13-14H2,1-3H3/t19-,20+,21-/m1/s1. The van der Waals surface area contributed by atoms with Gasteiger partial charge in [-0.2, -0.15) is 5.10 Å². The Labute approximate surface area is 155 Å². The first-order chi connectivity index (χ1) is 12.5. The highest BCUT2D eigenvalue weighted by Crippen LogP contribution is 2.43. The summed E-state index contributed by atoms with van der Waals surface area (Å²) in [7, 11) is 1.83. The molecule has 2 aliphatic rings. The van der Waals surface area contributed by atoms with Gasteiger partial charge in [-0.15, -0.1) is 0 Å². The van der Waals surface area contributed by atoms with Crippen molar-refractivity contribution in [3.05, 3.63) is 47.3 Å². The lowest BCUT2D eigenvalue weighted by molar-refractivity contribution is -0.0879. The highest BCUT2D eigenvalue weighted by atomic mass is 16.5. The highest BCUT2D eigenvalue weighted by molar-refractivity contribution is 5.37. The lowest BCUT2D eigenvalue weighted by Crippen LogP contribution is -2.51. The van der Waals surface area contributed by atoms with Gasteiger partial charge in [-0.25, -0.2) is 4.68 Å². The number of likely N-dealkylation sites (tertiary alicyclic amines) is 1. The summed E-state index contributed by atoms with van der Waals surface area (Å²) in [5, 5.41) is 14.8. The van der Waals surface area contributed by atoms with Crippen molar-refractivity contribution in [3.8, 4) is 5.69 Å². The molecule has 1 aliphatic heterocycles. The van der Waals surface area contributed by atoms with E-state index in [0.717, 1.165) is 55.8 Å². The molecule has 1 saturated carbocycles. The molecule has 5 heteroatoms. The minimum absolute atomic E-state index is 0.0769. The molecule has 0 unspecified atom stereocenters. The van der Waals surface area contributed by atoms with E-state index in [-0.39, 0.29) is 11.7 Å². The van der Waals surface area contributed by atoms with E-state index < -0.39 is 0 Å². The Morgan fingerprint density at radius 3 is 2.85 bits per heavy atom. The number of aliphatic hydroxyl groups excluding tert-OH is 1. The fourth-order valence-electron chi connectivity index (χ4n) is 4.87. The summed E-state index contributed by atoms with van der Waals surface area (Å²) in [6.45, 7) is 6.02. The van der Waals surface area contributed by atoms with Crippen LogP contribution in [0, 0.1) is 13.8 Å². The van der Waals surface area contributed by atoms with Crippen molar-refractivity contribution >= 4 is 0 Å². The van der Waals surface area contributed by atoms with Gasteiger partial charge in [-0.1, -0.05) is 12.1 Å². The average Bonchev–Trinajstić information content (AvgIpc) is 3.15. The molecule has 140 valence electrons. The molecule has 1 aromatic carbocycles. The monoisotopic (exact) mass is 355 g/mol. The third kappa shape index (κ3) is 3.08. The van der Waals surface area contributed by atoms with E-state index >= 15 is 0 Å². The Kier molecular flexibility index (Phi) is 4.63. The van der Waals surface area contributed by atoms with Crippen LogP contribution in [-0.2, 0) is 11.3 Å². The van der Waals surface area contributed by atoms with Gasteiger partial charge in [0.2, 0.25) is 0 Å². The molecule has 0 radical (unpaired) electrons. The highest BCUT2D eigenvalue weighted by Gasteiger charge is 2.50. The van der Waals surface area contributed by atoms with E-state index in [1.54, 1.807) is 0 Å². The van der Waals surface area contributed by atoms with Crippen LogP contribution in [0.1, 0.15) is 42.6 Å². The SMILES string of the molecule is CO[C@@]12CC[C@@H](O)C[C@@H]1N(Cc1cccc(-n3nc(C)cc3C)c1)CC2. The largest absolute Gasteiger partial charge is 0.393 e. The zero-order valence-electron chi connectivity index (χ0n) is 16.0. The van der Waals surface area contributed by atoms with Gasteiger partial charge in [-0.05, 0) is 63.3 Å². The molecule has 2 heterocycles. The molecule has 26 heavy (non-hydrogen) atoms. The number of aryl methyl sites for hydroxylation is 2. The van der Waals surface area contributed by atoms with Crippen molar-refractivity contribution in [2.45, 2.75) is 63.8 Å². The van der Waals surface area contributed by atoms with Crippen LogP contribution >= 0.6 is 0 Å². The fourth-order valence-corrected chi connectivity index (χ4v) is 4.87. The van der Waals surface area contributed by atoms with Crippen molar-refractivity contribution < 1.29 is 9.84 Å². The second-order valence-electron chi connectivity index (χ2n) is 7.94. The third-order valence-electron chi connectivity index (χ3n) is 6.22. The summed E-state index contributed by atoms with van der Waals surface area (Å²) in [6.07, 6.45) is 3.47. The Morgan fingerprint density at radius 2 is 2.12 bits per heavy atom. The van der Waals surface area contributed by atoms with E-state index in [1.807, 2.05) is 18.7 Å². The van der Waals surface area contributed by atoms with Crippen LogP contribution in [0.25, 0.3) is 5.69 Å². The van der Waals surface area contributed by atoms with Gasteiger partial charge in [-0.3, -0.25) is 4.90 Å². The molecule has 4 rings (SSSR count). The van der Waals surface area contributed by atoms with Gasteiger partial charge in [0.1, 0.15) is 0 Å². The van der Waals surface area contributed by atoms with Gasteiger partial charge in [0.15, 0.2) is 0 Å². The predicted octanol–water partition coefficient (Wildman–Crippen LogP) is 2.99. The van der Waals surface area contributed by atoms with Gasteiger partial charge >= 0.3 is 0 Å². The van der Waals surface area contributed by atoms with Crippen molar-refractivity contribution in [3.63, 3.8) is 0 Å². The maximum atomic E-state index is 10.2. The second-order valence-corrected chi connectivity index (χ2v) is 7.94. The smallest absolute Gasteiger partial charge is 0.0847 e. The summed E-state index contributed by atoms with van der Waals surface area (Å²) in [4.78, 5) is 2.49. The second kappa shape index (κ2) is 6.80. The molecule has 1 aliphatic carbocycles. The maximum Gasteiger partial charge on any atom is 0.0847 e. The van der Waals surface area contributed by atoms with E-state index in [1.165, 1.54) is 5.56 Å². The van der Waals surface area contributed by atoms with E-state index in [0.29, 0.717) is 6.04 Å². The zero-order valence-corrected chi connectivity index (χ0v) is 16.0. The maximum absolute atomic E-state index is 10.2. The van der Waals surface area contributed by atoms with Crippen LogP contribution in [0.2, 0.25) is 0 Å². The molecule has 0 spiro atoms. The number of benzene rings is 1. The van der Waals surface area contributed by atoms with Gasteiger partial charge in [0, 0.05) is 31.9 Å². The number of aromatic nitrogens is 2. The van der Waals surface area contributed by atoms with Gasteiger partial charge in [0.25, 0.3) is 0 Å². The van der Waals surface area contributed by atoms with E-state index in [4.69, 9.17) is 4.74 Å². The topological polar surface area (TPSA) is 50.5 Å². The van der Waals surface area contributed by atoms with Crippen LogP contribution in [0.5, 0.6) is 0 Å². The van der Waals surface area contributed by atoms with Crippen molar-refractivity contribution in [2.75, 3.05) is 13.7 Å². The van der Waals surface area contributed by atoms with Gasteiger partial charge in [0.05, 0.1) is 23.1 Å². The Balaban J connectivity index is 1.56. The molecular formula is C21H29N3O2. The van der Waals surface area contributed by atoms with Crippen molar-refractivity contribution in [2.24, 2.45) is 0 Å². The van der Waals surface area contributed by atoms with Crippen LogP contribution in [0.15, 0.2) is 30.3 Å². The van der Waals surface area contributed by atoms with Crippen molar-refractivity contribution in [1.82, 2.24) is 14.7 Å². The average molecular weight is 355 g/mol. The minimum atomic E-state index is -0.204. The van der Waals surface area contributed by atoms with Crippen LogP contribution in [0.4, 0.5) is 0 Å². The number of methoxy groups -OCH3 is 1. The number of aliphatic hydroxyl groups is 1. The lowest BCUT2D eigenvalue weighted by Gasteiger charge is -2.42. The molecule has 1 aromatic heterocycles. The van der Waals surface area contributed by atoms with Crippen LogP contribution < -0.4 is 0 Å². The lowest BCUT2D eigenvalue weighted by atomic mass is 9.79. The quantitative estimate of drug-likeness (QED) is 0.916. The van der Waals surface area contributed by atoms with E-state index in [9.17, 15) is 5.11 Å². The first-order valence-corrected chi connectivity index (χ1v) is 9.60. The first-order valence-electron chi connectivity index (χ1n) is 9.60. The molecule has 3 atom stereocenters. The third-order valence-corrected chi connectivity index (χ3v) is 6.22. The van der Waals surface area contributed by atoms with Crippen LogP contribution in [-0.4, -0.2) is 51.2 Å². The summed E-state index contributed by atoms with van der Waals surface area (Å²) in [6, 6.07) is 11.0. The normalized spacial score (nSPS) is 29.1. The number of rotatable bonds is 4. The fraction of sp³-hybridized carbons (Fsp3) is 0.571. The summed E-state index contributed by atoms with van der Waals surface area (Å²) in [5.41, 5.74) is 4.49. The molecule has 5 nitrogen and oxygen atoms in total. The Morgan fingerprint density at radius 1 is 1.27 bits per heavy atom. The Bertz CT molecular complexity index is 787. The molecule has 0 bridgehead atoms. The summed E-state index contributed by atoms with van der Waals surface area (Å²) < 4.78 is 7.97. The molecule has 2 fully saturated rings. The summed E-state index contributed by atoms with van der Waals surface area (Å²) in [5.74, 6) is 0. The molecule has 0 amide bonds. The molecule has 1 saturated heterocycles. The molecular weight excluding hydrogens is 326 g/mol. The van der Waals surface area contributed by atoms with Crippen molar-refractivity contribution in [1.29, 1.82) is 0 Å². The predicted molar refractivity (Wildman–Crippen MR) is 101 cm³/mol. The van der Waals surface area contributed by atoms with Crippen LogP contribution in [0.3, 0.4) is 0 Å². The number of hydrogen-bond donors (Lipinski definition) is 1. The summed E-state index contributed by atoms with van der Waals surface area (Å²) >= 11 is 0. The number of ether oxygens (including phenoxy) is 1. The Hall–Kier alpha value is -1.69. The minimum Gasteiger partial charge on any atom is -0.393 e. The number of hydrogen-bond acceptors (Lipinski definition) is 4. The molecule has 2 aromatic rings. The zero-order chi connectivity index (χ0) is 18.3. The van der Waals surface area contributed by atoms with E-state index in [2.05, 4.69) is 47.3 Å². The first kappa shape index (κ1) is 17.7. The van der Waals surface area contributed by atoms with Gasteiger partial charge < -0.3 is 9.84 Å². The molecule has 1 N–H and O–H groups in total.